The van der Waals surface area contributed by atoms with Crippen molar-refractivity contribution in [2.45, 2.75) is 40.0 Å². The van der Waals surface area contributed by atoms with Crippen LogP contribution in [-0.2, 0) is 4.79 Å². The third-order valence-corrected chi connectivity index (χ3v) is 3.15. The zero-order valence-corrected chi connectivity index (χ0v) is 9.47. The molecule has 0 aromatic carbocycles. The van der Waals surface area contributed by atoms with E-state index in [1.54, 1.807) is 0 Å². The van der Waals surface area contributed by atoms with E-state index < -0.39 is 0 Å². The molecule has 0 aromatic rings. The number of ketones is 1. The Bertz CT molecular complexity index is 273. The third-order valence-electron chi connectivity index (χ3n) is 3.15. The van der Waals surface area contributed by atoms with E-state index in [9.17, 15) is 4.79 Å². The largest absolute Gasteiger partial charge is 0.295 e. The molecule has 0 aliphatic heterocycles. The Morgan fingerprint density at radius 1 is 1.57 bits per heavy atom. The smallest absolute Gasteiger partial charge is 0.159 e. The van der Waals surface area contributed by atoms with E-state index in [-0.39, 0.29) is 5.78 Å². The van der Waals surface area contributed by atoms with Gasteiger partial charge in [-0.2, -0.15) is 0 Å². The zero-order chi connectivity index (χ0) is 10.7. The first-order valence-corrected chi connectivity index (χ1v) is 5.38. The van der Waals surface area contributed by atoms with E-state index in [1.165, 1.54) is 23.6 Å². The van der Waals surface area contributed by atoms with Crippen molar-refractivity contribution in [1.82, 2.24) is 0 Å². The van der Waals surface area contributed by atoms with Crippen molar-refractivity contribution in [2.24, 2.45) is 11.8 Å². The molecule has 0 saturated carbocycles. The molecule has 1 aliphatic rings. The summed E-state index contributed by atoms with van der Waals surface area (Å²) < 4.78 is 0. The summed E-state index contributed by atoms with van der Waals surface area (Å²) in [5, 5.41) is 0. The zero-order valence-electron chi connectivity index (χ0n) is 9.47. The summed E-state index contributed by atoms with van der Waals surface area (Å²) in [6, 6.07) is 0. The first-order chi connectivity index (χ1) is 6.54. The highest BCUT2D eigenvalue weighted by Gasteiger charge is 2.22. The molecule has 0 bridgehead atoms. The Kier molecular flexibility index (Phi) is 3.68. The molecular weight excluding hydrogens is 172 g/mol. The second-order valence-corrected chi connectivity index (χ2v) is 4.60. The normalized spacial score (nSPS) is 27.6. The lowest BCUT2D eigenvalue weighted by molar-refractivity contribution is -0.114. The Morgan fingerprint density at radius 3 is 2.71 bits per heavy atom. The standard InChI is InChI=1S/C13H20O/c1-5-12(14)8-13-10(3)6-9(2)7-11(13)4/h5,9-10H,1,6-8H2,2-4H3. The second kappa shape index (κ2) is 4.59. The van der Waals surface area contributed by atoms with Crippen molar-refractivity contribution in [1.29, 1.82) is 0 Å². The van der Waals surface area contributed by atoms with Gasteiger partial charge in [0.15, 0.2) is 5.78 Å². The topological polar surface area (TPSA) is 17.1 Å². The number of rotatable bonds is 3. The van der Waals surface area contributed by atoms with Crippen molar-refractivity contribution < 1.29 is 4.79 Å². The SMILES string of the molecule is C=CC(=O)CC1=C(C)CC(C)CC1C. The number of carbonyl (C=O) groups excluding carboxylic acids is 1. The van der Waals surface area contributed by atoms with Crippen LogP contribution in [0.1, 0.15) is 40.0 Å². The van der Waals surface area contributed by atoms with Crippen LogP contribution in [-0.4, -0.2) is 5.78 Å². The Hall–Kier alpha value is -0.850. The third kappa shape index (κ3) is 2.57. The highest BCUT2D eigenvalue weighted by atomic mass is 16.1. The minimum absolute atomic E-state index is 0.153. The fourth-order valence-electron chi connectivity index (χ4n) is 2.49. The average molecular weight is 192 g/mol. The molecule has 0 amide bonds. The number of hydrogen-bond acceptors (Lipinski definition) is 1. The summed E-state index contributed by atoms with van der Waals surface area (Å²) in [4.78, 5) is 11.3. The van der Waals surface area contributed by atoms with E-state index in [1.807, 2.05) is 0 Å². The molecule has 0 N–H and O–H groups in total. The van der Waals surface area contributed by atoms with Crippen LogP contribution in [0.15, 0.2) is 23.8 Å². The molecule has 2 atom stereocenters. The summed E-state index contributed by atoms with van der Waals surface area (Å²) in [6.07, 6.45) is 4.40. The van der Waals surface area contributed by atoms with E-state index in [2.05, 4.69) is 27.4 Å². The summed E-state index contributed by atoms with van der Waals surface area (Å²) in [5.74, 6) is 1.50. The van der Waals surface area contributed by atoms with Crippen molar-refractivity contribution in [2.75, 3.05) is 0 Å². The molecule has 1 nitrogen and oxygen atoms in total. The quantitative estimate of drug-likeness (QED) is 0.494. The minimum Gasteiger partial charge on any atom is -0.295 e. The summed E-state index contributed by atoms with van der Waals surface area (Å²) in [5.41, 5.74) is 2.78. The van der Waals surface area contributed by atoms with Gasteiger partial charge in [-0.3, -0.25) is 4.79 Å². The number of carbonyl (C=O) groups is 1. The molecule has 0 radical (unpaired) electrons. The highest BCUT2D eigenvalue weighted by Crippen LogP contribution is 2.35. The van der Waals surface area contributed by atoms with Crippen LogP contribution in [0.2, 0.25) is 0 Å². The maximum atomic E-state index is 11.3. The van der Waals surface area contributed by atoms with Crippen molar-refractivity contribution in [3.8, 4) is 0 Å². The molecule has 2 unspecified atom stereocenters. The second-order valence-electron chi connectivity index (χ2n) is 4.60. The lowest BCUT2D eigenvalue weighted by Gasteiger charge is -2.28. The summed E-state index contributed by atoms with van der Waals surface area (Å²) >= 11 is 0. The monoisotopic (exact) mass is 192 g/mol. The van der Waals surface area contributed by atoms with Gasteiger partial charge in [-0.25, -0.2) is 0 Å². The fourth-order valence-corrected chi connectivity index (χ4v) is 2.49. The maximum absolute atomic E-state index is 11.3. The molecule has 0 aromatic heterocycles. The van der Waals surface area contributed by atoms with Crippen LogP contribution in [0, 0.1) is 11.8 Å². The molecule has 0 fully saturated rings. The molecular formula is C13H20O. The van der Waals surface area contributed by atoms with Crippen LogP contribution in [0.5, 0.6) is 0 Å². The van der Waals surface area contributed by atoms with Crippen LogP contribution < -0.4 is 0 Å². The van der Waals surface area contributed by atoms with E-state index in [0.29, 0.717) is 12.3 Å². The summed E-state index contributed by atoms with van der Waals surface area (Å²) in [6.45, 7) is 10.2. The molecule has 1 rings (SSSR count). The van der Waals surface area contributed by atoms with Crippen LogP contribution in [0.3, 0.4) is 0 Å². The first-order valence-electron chi connectivity index (χ1n) is 5.38. The van der Waals surface area contributed by atoms with Gasteiger partial charge in [0, 0.05) is 6.42 Å². The highest BCUT2D eigenvalue weighted by molar-refractivity contribution is 5.91. The molecule has 0 saturated heterocycles. The summed E-state index contributed by atoms with van der Waals surface area (Å²) in [7, 11) is 0. The lowest BCUT2D eigenvalue weighted by atomic mass is 9.77. The van der Waals surface area contributed by atoms with Gasteiger partial charge < -0.3 is 0 Å². The van der Waals surface area contributed by atoms with Gasteiger partial charge >= 0.3 is 0 Å². The fraction of sp³-hybridized carbons (Fsp3) is 0.615. The van der Waals surface area contributed by atoms with Gasteiger partial charge in [-0.15, -0.1) is 0 Å². The first kappa shape index (κ1) is 11.2. The van der Waals surface area contributed by atoms with Crippen LogP contribution in [0.4, 0.5) is 0 Å². The molecule has 1 aliphatic carbocycles. The Morgan fingerprint density at radius 2 is 2.21 bits per heavy atom. The van der Waals surface area contributed by atoms with Crippen LogP contribution >= 0.6 is 0 Å². The van der Waals surface area contributed by atoms with Crippen LogP contribution in [0.25, 0.3) is 0 Å². The van der Waals surface area contributed by atoms with Crippen molar-refractivity contribution in [3.63, 3.8) is 0 Å². The minimum atomic E-state index is 0.153. The lowest BCUT2D eigenvalue weighted by Crippen LogP contribution is -2.16. The maximum Gasteiger partial charge on any atom is 0.159 e. The molecule has 14 heavy (non-hydrogen) atoms. The molecule has 1 heteroatoms. The van der Waals surface area contributed by atoms with Gasteiger partial charge in [0.2, 0.25) is 0 Å². The molecule has 0 heterocycles. The van der Waals surface area contributed by atoms with Gasteiger partial charge in [-0.1, -0.05) is 31.6 Å². The van der Waals surface area contributed by atoms with Gasteiger partial charge in [0.25, 0.3) is 0 Å². The van der Waals surface area contributed by atoms with Gasteiger partial charge in [0.1, 0.15) is 0 Å². The predicted octanol–water partition coefficient (Wildman–Crippen LogP) is 3.51. The van der Waals surface area contributed by atoms with E-state index in [4.69, 9.17) is 0 Å². The number of hydrogen-bond donors (Lipinski definition) is 0. The van der Waals surface area contributed by atoms with Gasteiger partial charge in [-0.05, 0) is 37.7 Å². The molecule has 78 valence electrons. The average Bonchev–Trinajstić information content (AvgIpc) is 2.10. The van der Waals surface area contributed by atoms with E-state index in [0.717, 1.165) is 12.3 Å². The predicted molar refractivity (Wildman–Crippen MR) is 60.1 cm³/mol. The molecule has 0 spiro atoms. The van der Waals surface area contributed by atoms with E-state index >= 15 is 0 Å². The van der Waals surface area contributed by atoms with Gasteiger partial charge in [0.05, 0.1) is 0 Å². The van der Waals surface area contributed by atoms with Crippen molar-refractivity contribution >= 4 is 5.78 Å². The van der Waals surface area contributed by atoms with Crippen molar-refractivity contribution in [3.05, 3.63) is 23.8 Å². The Labute approximate surface area is 86.9 Å². The number of allylic oxidation sites excluding steroid dienone is 3. The Balaban J connectivity index is 2.78.